The van der Waals surface area contributed by atoms with Crippen LogP contribution in [0.5, 0.6) is 0 Å². The molecule has 0 atom stereocenters. The van der Waals surface area contributed by atoms with Crippen molar-refractivity contribution < 1.29 is 8.83 Å². The van der Waals surface area contributed by atoms with E-state index in [-0.39, 0.29) is 5.41 Å². The molecule has 0 radical (unpaired) electrons. The lowest BCUT2D eigenvalue weighted by atomic mass is 9.82. The van der Waals surface area contributed by atoms with Crippen LogP contribution in [0.3, 0.4) is 0 Å². The highest BCUT2D eigenvalue weighted by molar-refractivity contribution is 5.98. The molecule has 0 amide bonds. The number of hydrogen-bond donors (Lipinski definition) is 0. The van der Waals surface area contributed by atoms with Crippen LogP contribution in [-0.2, 0) is 5.41 Å². The van der Waals surface area contributed by atoms with Gasteiger partial charge in [0.05, 0.1) is 12.0 Å². The van der Waals surface area contributed by atoms with Crippen molar-refractivity contribution in [2.45, 2.75) is 26.2 Å². The van der Waals surface area contributed by atoms with E-state index in [4.69, 9.17) is 13.8 Å². The Kier molecular flexibility index (Phi) is 4.03. The van der Waals surface area contributed by atoms with Gasteiger partial charge in [0.1, 0.15) is 16.9 Å². The average Bonchev–Trinajstić information content (AvgIpc) is 3.43. The van der Waals surface area contributed by atoms with E-state index < -0.39 is 0 Å². The Balaban J connectivity index is 1.56. The Bertz CT molecular complexity index is 1610. The largest absolute Gasteiger partial charge is 0.464 e. The summed E-state index contributed by atoms with van der Waals surface area (Å²) in [5.74, 6) is 0.810. The minimum absolute atomic E-state index is 0.0174. The summed E-state index contributed by atoms with van der Waals surface area (Å²) in [6.07, 6.45) is 3.54. The summed E-state index contributed by atoms with van der Waals surface area (Å²) >= 11 is 0. The highest BCUT2D eigenvalue weighted by atomic mass is 16.3. The number of aromatic nitrogens is 1. The van der Waals surface area contributed by atoms with Gasteiger partial charge in [0, 0.05) is 28.1 Å². The van der Waals surface area contributed by atoms with Crippen LogP contribution < -0.4 is 0 Å². The first kappa shape index (κ1) is 18.9. The number of furan rings is 2. The molecule has 0 fully saturated rings. The Labute approximate surface area is 186 Å². The highest BCUT2D eigenvalue weighted by Gasteiger charge is 2.20. The first-order valence-corrected chi connectivity index (χ1v) is 10.9. The molecular weight excluding hydrogens is 394 g/mol. The summed E-state index contributed by atoms with van der Waals surface area (Å²) in [5, 5.41) is 4.60. The molecular formula is C29H23NO2. The molecule has 0 saturated carbocycles. The van der Waals surface area contributed by atoms with E-state index >= 15 is 0 Å². The lowest BCUT2D eigenvalue weighted by molar-refractivity contribution is 0.596. The molecule has 0 aliphatic rings. The second-order valence-corrected chi connectivity index (χ2v) is 9.35. The number of nitrogens with zero attached hydrogens (tertiary/aromatic N) is 1. The summed E-state index contributed by atoms with van der Waals surface area (Å²) < 4.78 is 11.8. The van der Waals surface area contributed by atoms with Crippen molar-refractivity contribution in [2.75, 3.05) is 0 Å². The van der Waals surface area contributed by atoms with E-state index in [9.17, 15) is 0 Å². The van der Waals surface area contributed by atoms with Crippen LogP contribution >= 0.6 is 0 Å². The highest BCUT2D eigenvalue weighted by Crippen LogP contribution is 2.38. The summed E-state index contributed by atoms with van der Waals surface area (Å²) in [6, 6.07) is 25.2. The van der Waals surface area contributed by atoms with Gasteiger partial charge in [0.25, 0.3) is 0 Å². The van der Waals surface area contributed by atoms with E-state index in [1.54, 1.807) is 6.26 Å². The molecule has 156 valence electrons. The van der Waals surface area contributed by atoms with Gasteiger partial charge in [0.2, 0.25) is 0 Å². The third-order valence-corrected chi connectivity index (χ3v) is 6.13. The van der Waals surface area contributed by atoms with Crippen molar-refractivity contribution in [2.24, 2.45) is 0 Å². The molecule has 3 heteroatoms. The summed E-state index contributed by atoms with van der Waals surface area (Å²) in [5.41, 5.74) is 6.05. The molecule has 3 nitrogen and oxygen atoms in total. The standard InChI is InChI=1S/C29H23NO2/c1-29(2,3)24-15-21(14-19-6-4-5-7-22(19)24)28-23-17-27(32-25(23)10-12-30-28)20-9-8-18-11-13-31-26(18)16-20/h4-17H,1-3H3. The molecule has 3 heterocycles. The average molecular weight is 418 g/mol. The van der Waals surface area contributed by atoms with E-state index in [0.717, 1.165) is 44.5 Å². The van der Waals surface area contributed by atoms with Gasteiger partial charge in [-0.25, -0.2) is 0 Å². The Hall–Kier alpha value is -3.85. The van der Waals surface area contributed by atoms with Gasteiger partial charge in [-0.1, -0.05) is 57.2 Å². The van der Waals surface area contributed by atoms with E-state index in [1.807, 2.05) is 24.4 Å². The molecule has 0 aliphatic carbocycles. The van der Waals surface area contributed by atoms with Crippen LogP contribution in [0.4, 0.5) is 0 Å². The zero-order valence-corrected chi connectivity index (χ0v) is 18.3. The second kappa shape index (κ2) is 6.83. The minimum atomic E-state index is 0.0174. The molecule has 3 aromatic carbocycles. The molecule has 0 unspecified atom stereocenters. The molecule has 0 bridgehead atoms. The summed E-state index contributed by atoms with van der Waals surface area (Å²) in [4.78, 5) is 4.78. The zero-order valence-electron chi connectivity index (χ0n) is 18.3. The minimum Gasteiger partial charge on any atom is -0.464 e. The van der Waals surface area contributed by atoms with Gasteiger partial charge >= 0.3 is 0 Å². The smallest absolute Gasteiger partial charge is 0.138 e. The van der Waals surface area contributed by atoms with Gasteiger partial charge in [-0.15, -0.1) is 0 Å². The third-order valence-electron chi connectivity index (χ3n) is 6.13. The maximum Gasteiger partial charge on any atom is 0.138 e. The zero-order chi connectivity index (χ0) is 21.9. The van der Waals surface area contributed by atoms with E-state index in [0.29, 0.717) is 0 Å². The quantitative estimate of drug-likeness (QED) is 0.284. The maximum absolute atomic E-state index is 6.25. The van der Waals surface area contributed by atoms with Crippen LogP contribution in [0.25, 0.3) is 55.3 Å². The third kappa shape index (κ3) is 3.01. The Morgan fingerprint density at radius 2 is 1.59 bits per heavy atom. The molecule has 32 heavy (non-hydrogen) atoms. The van der Waals surface area contributed by atoms with Crippen molar-refractivity contribution in [3.05, 3.63) is 90.8 Å². The topological polar surface area (TPSA) is 39.2 Å². The van der Waals surface area contributed by atoms with Crippen molar-refractivity contribution in [3.8, 4) is 22.6 Å². The summed E-state index contributed by atoms with van der Waals surface area (Å²) in [7, 11) is 0. The van der Waals surface area contributed by atoms with Crippen molar-refractivity contribution in [1.29, 1.82) is 0 Å². The molecule has 0 spiro atoms. The van der Waals surface area contributed by atoms with Crippen molar-refractivity contribution >= 4 is 32.7 Å². The first-order valence-electron chi connectivity index (χ1n) is 10.9. The normalized spacial score (nSPS) is 12.2. The van der Waals surface area contributed by atoms with Gasteiger partial charge in [-0.05, 0) is 58.1 Å². The van der Waals surface area contributed by atoms with Gasteiger partial charge < -0.3 is 8.83 Å². The first-order chi connectivity index (χ1) is 15.5. The SMILES string of the molecule is CC(C)(C)c1cc(-c2nccc3oc(-c4ccc5ccoc5c4)cc23)cc2ccccc12. The molecule has 0 saturated heterocycles. The lowest BCUT2D eigenvalue weighted by Crippen LogP contribution is -2.12. The van der Waals surface area contributed by atoms with Crippen LogP contribution in [0.2, 0.25) is 0 Å². The molecule has 0 N–H and O–H groups in total. The summed E-state index contributed by atoms with van der Waals surface area (Å²) in [6.45, 7) is 6.77. The Morgan fingerprint density at radius 1 is 0.719 bits per heavy atom. The van der Waals surface area contributed by atoms with Crippen molar-refractivity contribution in [1.82, 2.24) is 4.98 Å². The van der Waals surface area contributed by atoms with Crippen LogP contribution in [-0.4, -0.2) is 4.98 Å². The fraction of sp³-hybridized carbons (Fsp3) is 0.138. The molecule has 6 aromatic rings. The monoisotopic (exact) mass is 417 g/mol. The number of rotatable bonds is 2. The molecule has 0 aliphatic heterocycles. The molecule has 3 aromatic heterocycles. The van der Waals surface area contributed by atoms with Crippen LogP contribution in [0.15, 0.2) is 94.1 Å². The fourth-order valence-corrected chi connectivity index (χ4v) is 4.51. The Morgan fingerprint density at radius 3 is 2.47 bits per heavy atom. The van der Waals surface area contributed by atoms with Crippen LogP contribution in [0.1, 0.15) is 26.3 Å². The van der Waals surface area contributed by atoms with E-state index in [1.165, 1.54) is 16.3 Å². The fourth-order valence-electron chi connectivity index (χ4n) is 4.51. The lowest BCUT2D eigenvalue weighted by Gasteiger charge is -2.22. The van der Waals surface area contributed by atoms with Gasteiger partial charge in [-0.3, -0.25) is 4.98 Å². The van der Waals surface area contributed by atoms with Crippen molar-refractivity contribution in [3.63, 3.8) is 0 Å². The predicted octanol–water partition coefficient (Wildman–Crippen LogP) is 8.36. The van der Waals surface area contributed by atoms with Crippen LogP contribution in [0, 0.1) is 0 Å². The van der Waals surface area contributed by atoms with E-state index in [2.05, 4.69) is 75.4 Å². The number of hydrogen-bond acceptors (Lipinski definition) is 3. The number of pyridine rings is 1. The maximum atomic E-state index is 6.25. The van der Waals surface area contributed by atoms with Gasteiger partial charge in [-0.2, -0.15) is 0 Å². The molecule has 6 rings (SSSR count). The van der Waals surface area contributed by atoms with Gasteiger partial charge in [0.15, 0.2) is 0 Å². The second-order valence-electron chi connectivity index (χ2n) is 9.35. The number of benzene rings is 3. The number of fused-ring (bicyclic) bond motifs is 3. The predicted molar refractivity (Wildman–Crippen MR) is 131 cm³/mol.